The number of hydrogen-bond acceptors (Lipinski definition) is 4. The molecule has 1 N–H and O–H groups in total. The number of hydrogen-bond donors (Lipinski definition) is 1. The van der Waals surface area contributed by atoms with Crippen LogP contribution in [-0.2, 0) is 11.0 Å². The fourth-order valence-electron chi connectivity index (χ4n) is 2.48. The van der Waals surface area contributed by atoms with Gasteiger partial charge < -0.3 is 5.32 Å². The molecule has 1 amide bonds. The Hall–Kier alpha value is -2.78. The van der Waals surface area contributed by atoms with Gasteiger partial charge in [-0.25, -0.2) is 4.98 Å². The van der Waals surface area contributed by atoms with Crippen molar-refractivity contribution in [2.45, 2.75) is 11.2 Å². The first kappa shape index (κ1) is 20.9. The molecule has 5 nitrogen and oxygen atoms in total. The maximum Gasteiger partial charge on any atom is 0.418 e. The first-order valence-corrected chi connectivity index (χ1v) is 9.54. The quantitative estimate of drug-likeness (QED) is 0.588. The second-order valence-electron chi connectivity index (χ2n) is 5.77. The number of aromatic nitrogens is 2. The number of para-hydroxylation sites is 1. The van der Waals surface area contributed by atoms with Crippen molar-refractivity contribution in [1.29, 1.82) is 0 Å². The van der Waals surface area contributed by atoms with Gasteiger partial charge in [-0.05, 0) is 30.3 Å². The molecule has 1 heterocycles. The van der Waals surface area contributed by atoms with Crippen LogP contribution in [0.2, 0.25) is 5.02 Å². The van der Waals surface area contributed by atoms with Gasteiger partial charge in [0, 0.05) is 17.4 Å². The van der Waals surface area contributed by atoms with Crippen molar-refractivity contribution < 1.29 is 18.0 Å². The molecular weight excluding hydrogens is 427 g/mol. The van der Waals surface area contributed by atoms with Crippen LogP contribution in [0.25, 0.3) is 5.69 Å². The zero-order chi connectivity index (χ0) is 21.0. The van der Waals surface area contributed by atoms with Crippen LogP contribution in [0.3, 0.4) is 0 Å². The second kappa shape index (κ2) is 8.71. The van der Waals surface area contributed by atoms with E-state index in [-0.39, 0.29) is 16.5 Å². The van der Waals surface area contributed by atoms with Crippen molar-refractivity contribution in [2.75, 3.05) is 11.1 Å². The monoisotopic (exact) mass is 439 g/mol. The lowest BCUT2D eigenvalue weighted by molar-refractivity contribution is -0.137. The summed E-state index contributed by atoms with van der Waals surface area (Å²) in [5.74, 6) is -0.973. The summed E-state index contributed by atoms with van der Waals surface area (Å²) in [7, 11) is 0. The van der Waals surface area contributed by atoms with Gasteiger partial charge in [-0.15, -0.1) is 0 Å². The number of benzene rings is 2. The molecule has 0 aliphatic heterocycles. The van der Waals surface area contributed by atoms with E-state index in [9.17, 15) is 22.8 Å². The average Bonchev–Trinajstić information content (AvgIpc) is 2.67. The molecule has 0 radical (unpaired) electrons. The molecule has 0 saturated heterocycles. The molecule has 0 atom stereocenters. The lowest BCUT2D eigenvalue weighted by atomic mass is 10.1. The minimum Gasteiger partial charge on any atom is -0.325 e. The minimum absolute atomic E-state index is 0.0340. The van der Waals surface area contributed by atoms with Crippen LogP contribution in [0.5, 0.6) is 0 Å². The van der Waals surface area contributed by atoms with Crippen LogP contribution >= 0.6 is 23.4 Å². The Balaban J connectivity index is 1.74. The fourth-order valence-corrected chi connectivity index (χ4v) is 3.36. The van der Waals surface area contributed by atoms with Gasteiger partial charge in [0.15, 0.2) is 5.03 Å². The van der Waals surface area contributed by atoms with Gasteiger partial charge in [0.2, 0.25) is 5.91 Å². The topological polar surface area (TPSA) is 64.0 Å². The van der Waals surface area contributed by atoms with Crippen LogP contribution < -0.4 is 10.9 Å². The normalized spacial score (nSPS) is 11.3. The fraction of sp³-hybridized carbons (Fsp3) is 0.105. The Kier molecular flexibility index (Phi) is 6.29. The summed E-state index contributed by atoms with van der Waals surface area (Å²) in [4.78, 5) is 28.7. The second-order valence-corrected chi connectivity index (χ2v) is 7.17. The Bertz CT molecular complexity index is 1100. The Labute approximate surface area is 172 Å². The number of carbonyl (C=O) groups is 1. The molecule has 2 aromatic carbocycles. The summed E-state index contributed by atoms with van der Waals surface area (Å²) < 4.78 is 40.4. The molecule has 0 fully saturated rings. The summed E-state index contributed by atoms with van der Waals surface area (Å²) in [6.07, 6.45) is -1.75. The smallest absolute Gasteiger partial charge is 0.325 e. The molecule has 3 rings (SSSR count). The van der Waals surface area contributed by atoms with Crippen LogP contribution in [0.1, 0.15) is 5.56 Å². The largest absolute Gasteiger partial charge is 0.418 e. The highest BCUT2D eigenvalue weighted by molar-refractivity contribution is 7.99. The van der Waals surface area contributed by atoms with Gasteiger partial charge in [0.25, 0.3) is 5.56 Å². The summed E-state index contributed by atoms with van der Waals surface area (Å²) in [5, 5.41) is 2.71. The van der Waals surface area contributed by atoms with Gasteiger partial charge in [0.05, 0.1) is 22.7 Å². The lowest BCUT2D eigenvalue weighted by Crippen LogP contribution is -2.22. The third kappa shape index (κ3) is 5.18. The molecule has 0 bridgehead atoms. The summed E-state index contributed by atoms with van der Waals surface area (Å²) in [5.41, 5.74) is -1.24. The Morgan fingerprint density at radius 2 is 1.93 bits per heavy atom. The van der Waals surface area contributed by atoms with E-state index in [0.717, 1.165) is 23.9 Å². The van der Waals surface area contributed by atoms with Crippen LogP contribution in [0, 0.1) is 0 Å². The molecule has 1 aromatic heterocycles. The molecule has 3 aromatic rings. The number of rotatable bonds is 5. The molecule has 29 heavy (non-hydrogen) atoms. The van der Waals surface area contributed by atoms with E-state index in [2.05, 4.69) is 10.3 Å². The van der Waals surface area contributed by atoms with Gasteiger partial charge in [0.1, 0.15) is 0 Å². The third-order valence-electron chi connectivity index (χ3n) is 3.74. The van der Waals surface area contributed by atoms with E-state index in [0.29, 0.717) is 10.7 Å². The van der Waals surface area contributed by atoms with Crippen molar-refractivity contribution in [3.8, 4) is 5.69 Å². The van der Waals surface area contributed by atoms with E-state index in [1.54, 1.807) is 24.3 Å². The highest BCUT2D eigenvalue weighted by Crippen LogP contribution is 2.34. The third-order valence-corrected chi connectivity index (χ3v) is 4.94. The maximum atomic E-state index is 13.0. The molecule has 0 unspecified atom stereocenters. The number of halogens is 4. The van der Waals surface area contributed by atoms with E-state index in [1.807, 2.05) is 0 Å². The SMILES string of the molecule is O=C(CSc1nccn(-c2cccc(Cl)c2)c1=O)Nc1ccccc1C(F)(F)F. The molecular formula is C19H13ClF3N3O2S. The number of nitrogens with zero attached hydrogens (tertiary/aromatic N) is 2. The molecule has 0 spiro atoms. The predicted octanol–water partition coefficient (Wildman–Crippen LogP) is 4.64. The summed E-state index contributed by atoms with van der Waals surface area (Å²) in [6.45, 7) is 0. The van der Waals surface area contributed by atoms with E-state index in [4.69, 9.17) is 11.6 Å². The Morgan fingerprint density at radius 1 is 1.17 bits per heavy atom. The van der Waals surface area contributed by atoms with Crippen molar-refractivity contribution in [3.63, 3.8) is 0 Å². The zero-order valence-electron chi connectivity index (χ0n) is 14.6. The number of nitrogens with one attached hydrogen (secondary N) is 1. The number of anilines is 1. The summed E-state index contributed by atoms with van der Waals surface area (Å²) >= 11 is 6.77. The van der Waals surface area contributed by atoms with Gasteiger partial charge in [-0.1, -0.05) is 41.6 Å². The molecule has 0 aliphatic carbocycles. The number of thioether (sulfide) groups is 1. The number of alkyl halides is 3. The first-order valence-electron chi connectivity index (χ1n) is 8.18. The molecule has 0 saturated carbocycles. The highest BCUT2D eigenvalue weighted by atomic mass is 35.5. The van der Waals surface area contributed by atoms with Crippen LogP contribution in [0.15, 0.2) is 70.7 Å². The predicted molar refractivity (Wildman–Crippen MR) is 106 cm³/mol. The molecule has 0 aliphatic rings. The van der Waals surface area contributed by atoms with Crippen molar-refractivity contribution in [2.24, 2.45) is 0 Å². The first-order chi connectivity index (χ1) is 13.8. The van der Waals surface area contributed by atoms with Gasteiger partial charge >= 0.3 is 6.18 Å². The zero-order valence-corrected chi connectivity index (χ0v) is 16.2. The van der Waals surface area contributed by atoms with E-state index >= 15 is 0 Å². The maximum absolute atomic E-state index is 13.0. The lowest BCUT2D eigenvalue weighted by Gasteiger charge is -2.13. The van der Waals surface area contributed by atoms with Crippen molar-refractivity contribution >= 4 is 35.0 Å². The van der Waals surface area contributed by atoms with Crippen molar-refractivity contribution in [3.05, 3.63) is 81.9 Å². The van der Waals surface area contributed by atoms with Crippen molar-refractivity contribution in [1.82, 2.24) is 9.55 Å². The average molecular weight is 440 g/mol. The molecule has 150 valence electrons. The molecule has 10 heteroatoms. The minimum atomic E-state index is -4.59. The van der Waals surface area contributed by atoms with Gasteiger partial charge in [-0.2, -0.15) is 13.2 Å². The van der Waals surface area contributed by atoms with Crippen LogP contribution in [0.4, 0.5) is 18.9 Å². The number of carbonyl (C=O) groups excluding carboxylic acids is 1. The van der Waals surface area contributed by atoms with E-state index < -0.39 is 23.2 Å². The highest BCUT2D eigenvalue weighted by Gasteiger charge is 2.33. The van der Waals surface area contributed by atoms with Gasteiger partial charge in [-0.3, -0.25) is 14.2 Å². The van der Waals surface area contributed by atoms with E-state index in [1.165, 1.54) is 29.1 Å². The summed E-state index contributed by atoms with van der Waals surface area (Å²) in [6, 6.07) is 11.3. The Morgan fingerprint density at radius 3 is 2.66 bits per heavy atom. The standard InChI is InChI=1S/C19H13ClF3N3O2S/c20-12-4-3-5-13(10-12)26-9-8-24-17(18(26)28)29-11-16(27)25-15-7-2-1-6-14(15)19(21,22)23/h1-10H,11H2,(H,25,27). The van der Waals surface area contributed by atoms with Crippen LogP contribution in [-0.4, -0.2) is 21.2 Å². The number of amides is 1.